The van der Waals surface area contributed by atoms with Crippen molar-refractivity contribution in [2.45, 2.75) is 45.1 Å². The molecule has 5 heteroatoms. The van der Waals surface area contributed by atoms with Crippen LogP contribution in [0.3, 0.4) is 0 Å². The summed E-state index contributed by atoms with van der Waals surface area (Å²) in [6.07, 6.45) is 3.79. The van der Waals surface area contributed by atoms with Gasteiger partial charge in [-0.2, -0.15) is 4.37 Å². The molecule has 1 fully saturated rings. The third-order valence-corrected chi connectivity index (χ3v) is 4.61. The molecule has 1 aliphatic rings. The van der Waals surface area contributed by atoms with Gasteiger partial charge in [-0.25, -0.2) is 0 Å². The SMILES string of the molecule is CC(C)(CNC(=O)c1ccsn1)C1(O)CCCC1. The minimum atomic E-state index is -0.650. The summed E-state index contributed by atoms with van der Waals surface area (Å²) in [6, 6.07) is 1.71. The fourth-order valence-electron chi connectivity index (χ4n) is 2.52. The molecular weight excluding hydrogens is 248 g/mol. The molecule has 18 heavy (non-hydrogen) atoms. The number of carbonyl (C=O) groups excluding carboxylic acids is 1. The van der Waals surface area contributed by atoms with E-state index in [9.17, 15) is 9.90 Å². The second-order valence-corrected chi connectivity index (χ2v) is 6.36. The second kappa shape index (κ2) is 4.97. The van der Waals surface area contributed by atoms with E-state index in [1.165, 1.54) is 11.5 Å². The Balaban J connectivity index is 1.94. The summed E-state index contributed by atoms with van der Waals surface area (Å²) >= 11 is 1.27. The summed E-state index contributed by atoms with van der Waals surface area (Å²) in [5, 5.41) is 15.3. The fourth-order valence-corrected chi connectivity index (χ4v) is 3.03. The average molecular weight is 268 g/mol. The van der Waals surface area contributed by atoms with Crippen LogP contribution in [0.15, 0.2) is 11.4 Å². The summed E-state index contributed by atoms with van der Waals surface area (Å²) in [5.41, 5.74) is -0.508. The van der Waals surface area contributed by atoms with E-state index in [0.717, 1.165) is 25.7 Å². The topological polar surface area (TPSA) is 62.2 Å². The molecule has 0 unspecified atom stereocenters. The first kappa shape index (κ1) is 13.5. The van der Waals surface area contributed by atoms with Gasteiger partial charge in [0.25, 0.3) is 5.91 Å². The number of rotatable bonds is 4. The number of nitrogens with zero attached hydrogens (tertiary/aromatic N) is 1. The third kappa shape index (κ3) is 2.57. The van der Waals surface area contributed by atoms with Gasteiger partial charge < -0.3 is 10.4 Å². The molecule has 0 saturated heterocycles. The molecule has 0 bridgehead atoms. The van der Waals surface area contributed by atoms with Gasteiger partial charge >= 0.3 is 0 Å². The molecule has 1 aliphatic carbocycles. The van der Waals surface area contributed by atoms with Crippen molar-refractivity contribution in [1.29, 1.82) is 0 Å². The molecule has 4 nitrogen and oxygen atoms in total. The lowest BCUT2D eigenvalue weighted by molar-refractivity contribution is -0.0590. The number of amides is 1. The van der Waals surface area contributed by atoms with Crippen LogP contribution in [0.2, 0.25) is 0 Å². The highest BCUT2D eigenvalue weighted by Gasteiger charge is 2.45. The molecule has 1 heterocycles. The van der Waals surface area contributed by atoms with E-state index in [4.69, 9.17) is 0 Å². The number of nitrogens with one attached hydrogen (secondary N) is 1. The first-order valence-electron chi connectivity index (χ1n) is 6.36. The van der Waals surface area contributed by atoms with Crippen molar-refractivity contribution in [2.24, 2.45) is 5.41 Å². The Morgan fingerprint density at radius 2 is 2.22 bits per heavy atom. The van der Waals surface area contributed by atoms with Crippen LogP contribution in [0.5, 0.6) is 0 Å². The molecular formula is C13H20N2O2S. The Bertz CT molecular complexity index is 409. The van der Waals surface area contributed by atoms with E-state index in [1.807, 2.05) is 13.8 Å². The van der Waals surface area contributed by atoms with E-state index in [-0.39, 0.29) is 11.3 Å². The highest BCUT2D eigenvalue weighted by molar-refractivity contribution is 7.03. The molecule has 2 N–H and O–H groups in total. The van der Waals surface area contributed by atoms with E-state index < -0.39 is 5.60 Å². The number of aromatic nitrogens is 1. The first-order chi connectivity index (χ1) is 8.45. The predicted molar refractivity (Wildman–Crippen MR) is 71.6 cm³/mol. The molecule has 0 aliphatic heterocycles. The second-order valence-electron chi connectivity index (χ2n) is 5.69. The van der Waals surface area contributed by atoms with Gasteiger partial charge in [-0.05, 0) is 30.4 Å². The van der Waals surface area contributed by atoms with Crippen LogP contribution >= 0.6 is 11.5 Å². The molecule has 2 rings (SSSR count). The van der Waals surface area contributed by atoms with Crippen LogP contribution in [0.4, 0.5) is 0 Å². The Labute approximate surface area is 112 Å². The number of hydrogen-bond acceptors (Lipinski definition) is 4. The lowest BCUT2D eigenvalue weighted by atomic mass is 9.73. The van der Waals surface area contributed by atoms with E-state index in [0.29, 0.717) is 12.2 Å². The van der Waals surface area contributed by atoms with Gasteiger partial charge in [-0.15, -0.1) is 0 Å². The van der Waals surface area contributed by atoms with Crippen LogP contribution in [-0.4, -0.2) is 27.5 Å². The van der Waals surface area contributed by atoms with Gasteiger partial charge in [0.1, 0.15) is 5.69 Å². The van der Waals surface area contributed by atoms with Crippen molar-refractivity contribution >= 4 is 17.4 Å². The van der Waals surface area contributed by atoms with Crippen LogP contribution in [-0.2, 0) is 0 Å². The highest BCUT2D eigenvalue weighted by Crippen LogP contribution is 2.43. The third-order valence-electron chi connectivity index (χ3n) is 4.05. The zero-order chi connectivity index (χ0) is 13.2. The largest absolute Gasteiger partial charge is 0.389 e. The van der Waals surface area contributed by atoms with Crippen LogP contribution in [0.1, 0.15) is 50.0 Å². The number of hydrogen-bond donors (Lipinski definition) is 2. The summed E-state index contributed by atoms with van der Waals surface area (Å²) < 4.78 is 4.00. The molecule has 0 aromatic carbocycles. The van der Waals surface area contributed by atoms with Gasteiger partial charge in [0.15, 0.2) is 0 Å². The fraction of sp³-hybridized carbons (Fsp3) is 0.692. The highest BCUT2D eigenvalue weighted by atomic mass is 32.1. The molecule has 100 valence electrons. The lowest BCUT2D eigenvalue weighted by Gasteiger charge is -2.40. The Hall–Kier alpha value is -0.940. The summed E-state index contributed by atoms with van der Waals surface area (Å²) in [4.78, 5) is 11.8. The normalized spacial score (nSPS) is 18.8. The lowest BCUT2D eigenvalue weighted by Crippen LogP contribution is -2.49. The predicted octanol–water partition coefficient (Wildman–Crippen LogP) is 2.20. The molecule has 0 atom stereocenters. The molecule has 0 spiro atoms. The van der Waals surface area contributed by atoms with E-state index in [2.05, 4.69) is 9.69 Å². The molecule has 0 radical (unpaired) electrons. The average Bonchev–Trinajstić information content (AvgIpc) is 2.97. The van der Waals surface area contributed by atoms with Crippen molar-refractivity contribution < 1.29 is 9.90 Å². The number of aliphatic hydroxyl groups is 1. The van der Waals surface area contributed by atoms with E-state index >= 15 is 0 Å². The van der Waals surface area contributed by atoms with Gasteiger partial charge in [-0.3, -0.25) is 4.79 Å². The maximum Gasteiger partial charge on any atom is 0.271 e. The zero-order valence-electron chi connectivity index (χ0n) is 10.9. The summed E-state index contributed by atoms with van der Waals surface area (Å²) in [5.74, 6) is -0.161. The van der Waals surface area contributed by atoms with Crippen molar-refractivity contribution in [2.75, 3.05) is 6.54 Å². The van der Waals surface area contributed by atoms with Gasteiger partial charge in [0, 0.05) is 17.3 Å². The molecule has 1 aromatic heterocycles. The molecule has 1 amide bonds. The van der Waals surface area contributed by atoms with Gasteiger partial charge in [0.2, 0.25) is 0 Å². The van der Waals surface area contributed by atoms with Crippen molar-refractivity contribution in [3.05, 3.63) is 17.1 Å². The first-order valence-corrected chi connectivity index (χ1v) is 7.19. The quantitative estimate of drug-likeness (QED) is 0.880. The van der Waals surface area contributed by atoms with Gasteiger partial charge in [-0.1, -0.05) is 26.7 Å². The Kier molecular flexibility index (Phi) is 3.73. The van der Waals surface area contributed by atoms with Crippen LogP contribution in [0, 0.1) is 5.41 Å². The van der Waals surface area contributed by atoms with Crippen LogP contribution < -0.4 is 5.32 Å². The smallest absolute Gasteiger partial charge is 0.271 e. The van der Waals surface area contributed by atoms with E-state index in [1.54, 1.807) is 11.4 Å². The standard InChI is InChI=1S/C13H20N2O2S/c1-12(2,13(17)6-3-4-7-13)9-14-11(16)10-5-8-18-15-10/h5,8,17H,3-4,6-7,9H2,1-2H3,(H,14,16). The van der Waals surface area contributed by atoms with Crippen LogP contribution in [0.25, 0.3) is 0 Å². The zero-order valence-corrected chi connectivity index (χ0v) is 11.7. The molecule has 1 saturated carbocycles. The van der Waals surface area contributed by atoms with Crippen molar-refractivity contribution in [3.63, 3.8) is 0 Å². The summed E-state index contributed by atoms with van der Waals surface area (Å²) in [7, 11) is 0. The number of carbonyl (C=O) groups is 1. The monoisotopic (exact) mass is 268 g/mol. The maximum atomic E-state index is 11.8. The Morgan fingerprint density at radius 1 is 1.56 bits per heavy atom. The van der Waals surface area contributed by atoms with Crippen molar-refractivity contribution in [3.8, 4) is 0 Å². The maximum absolute atomic E-state index is 11.8. The van der Waals surface area contributed by atoms with Gasteiger partial charge in [0.05, 0.1) is 5.60 Å². The minimum Gasteiger partial charge on any atom is -0.389 e. The molecule has 1 aromatic rings. The van der Waals surface area contributed by atoms with Crippen molar-refractivity contribution in [1.82, 2.24) is 9.69 Å². The Morgan fingerprint density at radius 3 is 2.78 bits per heavy atom. The summed E-state index contributed by atoms with van der Waals surface area (Å²) in [6.45, 7) is 4.50. The minimum absolute atomic E-state index is 0.161.